The molecule has 0 radical (unpaired) electrons. The van der Waals surface area contributed by atoms with Gasteiger partial charge in [0.05, 0.1) is 28.9 Å². The van der Waals surface area contributed by atoms with E-state index in [1.54, 1.807) is 23.9 Å². The van der Waals surface area contributed by atoms with E-state index in [9.17, 15) is 5.11 Å². The van der Waals surface area contributed by atoms with E-state index in [4.69, 9.17) is 0 Å². The van der Waals surface area contributed by atoms with Crippen LogP contribution in [0.15, 0.2) is 17.9 Å². The smallest absolute Gasteiger partial charge is 0.102 e. The Morgan fingerprint density at radius 1 is 1.44 bits per heavy atom. The van der Waals surface area contributed by atoms with E-state index in [1.165, 1.54) is 0 Å². The maximum Gasteiger partial charge on any atom is 0.102 e. The van der Waals surface area contributed by atoms with Crippen molar-refractivity contribution in [3.8, 4) is 0 Å². The predicted octanol–water partition coefficient (Wildman–Crippen LogP) is 2.45. The van der Waals surface area contributed by atoms with Crippen LogP contribution in [0.1, 0.15) is 43.3 Å². The predicted molar refractivity (Wildman–Crippen MR) is 72.7 cm³/mol. The van der Waals surface area contributed by atoms with Crippen LogP contribution in [0.4, 0.5) is 0 Å². The maximum absolute atomic E-state index is 10.2. The lowest BCUT2D eigenvalue weighted by Crippen LogP contribution is -2.12. The van der Waals surface area contributed by atoms with Crippen LogP contribution < -0.4 is 0 Å². The minimum Gasteiger partial charge on any atom is -0.386 e. The van der Waals surface area contributed by atoms with Gasteiger partial charge in [-0.1, -0.05) is 20.8 Å². The Labute approximate surface area is 111 Å². The highest BCUT2D eigenvalue weighted by Crippen LogP contribution is 2.26. The lowest BCUT2D eigenvalue weighted by Gasteiger charge is -2.14. The zero-order valence-electron chi connectivity index (χ0n) is 11.2. The Morgan fingerprint density at radius 3 is 2.67 bits per heavy atom. The molecular formula is C13H19N3OS. The summed E-state index contributed by atoms with van der Waals surface area (Å²) < 4.78 is 1.84. The van der Waals surface area contributed by atoms with Crippen LogP contribution >= 0.6 is 11.3 Å². The van der Waals surface area contributed by atoms with Crippen LogP contribution in [0.2, 0.25) is 0 Å². The van der Waals surface area contributed by atoms with E-state index in [2.05, 4.69) is 36.1 Å². The molecule has 1 unspecified atom stereocenters. The van der Waals surface area contributed by atoms with Crippen molar-refractivity contribution >= 4 is 11.3 Å². The number of aliphatic hydroxyl groups is 1. The van der Waals surface area contributed by atoms with Crippen LogP contribution in [0.5, 0.6) is 0 Å². The third-order valence-electron chi connectivity index (χ3n) is 2.88. The van der Waals surface area contributed by atoms with Crippen LogP contribution in [0.3, 0.4) is 0 Å². The third-order valence-corrected chi connectivity index (χ3v) is 3.75. The average molecular weight is 265 g/mol. The SMILES string of the molecule is Cn1cncc1C(O)Cc1nc(C(C)(C)C)cs1. The van der Waals surface area contributed by atoms with E-state index in [0.29, 0.717) is 6.42 Å². The number of rotatable bonds is 3. The number of aliphatic hydroxyl groups excluding tert-OH is 1. The van der Waals surface area contributed by atoms with Crippen molar-refractivity contribution in [3.05, 3.63) is 34.3 Å². The molecule has 0 aliphatic carbocycles. The molecule has 0 fully saturated rings. The van der Waals surface area contributed by atoms with Crippen molar-refractivity contribution in [1.29, 1.82) is 0 Å². The van der Waals surface area contributed by atoms with Crippen LogP contribution in [0.25, 0.3) is 0 Å². The van der Waals surface area contributed by atoms with Gasteiger partial charge in [-0.2, -0.15) is 0 Å². The Bertz CT molecular complexity index is 524. The van der Waals surface area contributed by atoms with Gasteiger partial charge in [0.1, 0.15) is 6.10 Å². The Morgan fingerprint density at radius 2 is 2.17 bits per heavy atom. The molecular weight excluding hydrogens is 246 g/mol. The molecule has 0 saturated heterocycles. The second-order valence-corrected chi connectivity index (χ2v) is 6.47. The molecule has 2 rings (SSSR count). The highest BCUT2D eigenvalue weighted by molar-refractivity contribution is 7.09. The Balaban J connectivity index is 2.11. The summed E-state index contributed by atoms with van der Waals surface area (Å²) in [5, 5.41) is 13.2. The highest BCUT2D eigenvalue weighted by Gasteiger charge is 2.19. The zero-order valence-corrected chi connectivity index (χ0v) is 12.0. The second-order valence-electron chi connectivity index (χ2n) is 5.53. The number of imidazole rings is 1. The molecule has 1 atom stereocenters. The first kappa shape index (κ1) is 13.2. The molecule has 98 valence electrons. The van der Waals surface area contributed by atoms with Crippen molar-refractivity contribution in [2.75, 3.05) is 0 Å². The number of nitrogens with zero attached hydrogens (tertiary/aromatic N) is 3. The van der Waals surface area contributed by atoms with Crippen molar-refractivity contribution in [2.45, 2.75) is 38.7 Å². The van der Waals surface area contributed by atoms with Gasteiger partial charge in [-0.15, -0.1) is 11.3 Å². The normalized spacial score (nSPS) is 13.8. The summed E-state index contributed by atoms with van der Waals surface area (Å²) in [5.41, 5.74) is 1.97. The van der Waals surface area contributed by atoms with E-state index >= 15 is 0 Å². The average Bonchev–Trinajstić information content (AvgIpc) is 2.85. The molecule has 4 nitrogen and oxygen atoms in total. The van der Waals surface area contributed by atoms with Gasteiger partial charge in [0.15, 0.2) is 0 Å². The molecule has 0 amide bonds. The second kappa shape index (κ2) is 4.82. The summed E-state index contributed by atoms with van der Waals surface area (Å²) in [5.74, 6) is 0. The molecule has 0 spiro atoms. The molecule has 2 heterocycles. The fraction of sp³-hybridized carbons (Fsp3) is 0.538. The summed E-state index contributed by atoms with van der Waals surface area (Å²) in [6, 6.07) is 0. The lowest BCUT2D eigenvalue weighted by molar-refractivity contribution is 0.170. The van der Waals surface area contributed by atoms with E-state index in [-0.39, 0.29) is 5.41 Å². The highest BCUT2D eigenvalue weighted by atomic mass is 32.1. The number of hydrogen-bond donors (Lipinski definition) is 1. The Hall–Kier alpha value is -1.20. The summed E-state index contributed by atoms with van der Waals surface area (Å²) >= 11 is 1.61. The van der Waals surface area contributed by atoms with Gasteiger partial charge in [-0.05, 0) is 0 Å². The van der Waals surface area contributed by atoms with Gasteiger partial charge in [0, 0.05) is 24.3 Å². The van der Waals surface area contributed by atoms with Gasteiger partial charge < -0.3 is 9.67 Å². The molecule has 0 aromatic carbocycles. The molecule has 0 bridgehead atoms. The number of aromatic nitrogens is 3. The molecule has 0 saturated carbocycles. The molecule has 0 aliphatic heterocycles. The van der Waals surface area contributed by atoms with Crippen LogP contribution in [-0.4, -0.2) is 19.6 Å². The number of hydrogen-bond acceptors (Lipinski definition) is 4. The fourth-order valence-corrected chi connectivity index (χ4v) is 2.77. The number of thiazole rings is 1. The van der Waals surface area contributed by atoms with Crippen molar-refractivity contribution in [3.63, 3.8) is 0 Å². The Kier molecular flexibility index (Phi) is 3.54. The molecule has 5 heteroatoms. The summed E-state index contributed by atoms with van der Waals surface area (Å²) in [4.78, 5) is 8.60. The van der Waals surface area contributed by atoms with Crippen molar-refractivity contribution in [1.82, 2.24) is 14.5 Å². The van der Waals surface area contributed by atoms with Gasteiger partial charge in [-0.3, -0.25) is 0 Å². The third kappa shape index (κ3) is 2.79. The van der Waals surface area contributed by atoms with E-state index < -0.39 is 6.10 Å². The molecule has 18 heavy (non-hydrogen) atoms. The standard InChI is InChI=1S/C13H19N3OS/c1-13(2,3)11-7-18-12(15-11)5-10(17)9-6-14-8-16(9)4/h6-8,10,17H,5H2,1-4H3. The molecule has 0 aliphatic rings. The zero-order chi connectivity index (χ0) is 13.3. The summed E-state index contributed by atoms with van der Waals surface area (Å²) in [7, 11) is 1.88. The number of aryl methyl sites for hydroxylation is 1. The van der Waals surface area contributed by atoms with Gasteiger partial charge in [0.2, 0.25) is 0 Å². The minimum atomic E-state index is -0.545. The fourth-order valence-electron chi connectivity index (χ4n) is 1.71. The monoisotopic (exact) mass is 265 g/mol. The van der Waals surface area contributed by atoms with Gasteiger partial charge >= 0.3 is 0 Å². The van der Waals surface area contributed by atoms with E-state index in [1.807, 2.05) is 11.6 Å². The largest absolute Gasteiger partial charge is 0.386 e. The van der Waals surface area contributed by atoms with Gasteiger partial charge in [-0.25, -0.2) is 9.97 Å². The van der Waals surface area contributed by atoms with Crippen LogP contribution in [0, 0.1) is 0 Å². The van der Waals surface area contributed by atoms with Crippen molar-refractivity contribution < 1.29 is 5.11 Å². The minimum absolute atomic E-state index is 0.0617. The van der Waals surface area contributed by atoms with Crippen LogP contribution in [-0.2, 0) is 18.9 Å². The molecule has 2 aromatic rings. The first-order valence-corrected chi connectivity index (χ1v) is 6.85. The lowest BCUT2D eigenvalue weighted by atomic mass is 9.93. The van der Waals surface area contributed by atoms with E-state index in [0.717, 1.165) is 16.4 Å². The van der Waals surface area contributed by atoms with Crippen molar-refractivity contribution in [2.24, 2.45) is 7.05 Å². The topological polar surface area (TPSA) is 50.9 Å². The first-order valence-electron chi connectivity index (χ1n) is 5.97. The molecule has 1 N–H and O–H groups in total. The summed E-state index contributed by atoms with van der Waals surface area (Å²) in [6.07, 6.45) is 3.39. The first-order chi connectivity index (χ1) is 8.38. The molecule has 2 aromatic heterocycles. The maximum atomic E-state index is 10.2. The quantitative estimate of drug-likeness (QED) is 0.927. The van der Waals surface area contributed by atoms with Gasteiger partial charge in [0.25, 0.3) is 0 Å². The summed E-state index contributed by atoms with van der Waals surface area (Å²) in [6.45, 7) is 6.43.